The highest BCUT2D eigenvalue weighted by molar-refractivity contribution is 7.99. The van der Waals surface area contributed by atoms with E-state index in [0.29, 0.717) is 19.4 Å². The zero-order valence-electron chi connectivity index (χ0n) is 37.9. The summed E-state index contributed by atoms with van der Waals surface area (Å²) in [5.41, 5.74) is 0.509. The van der Waals surface area contributed by atoms with Crippen LogP contribution in [0.2, 0.25) is 0 Å². The second-order valence-electron chi connectivity index (χ2n) is 16.4. The van der Waals surface area contributed by atoms with E-state index < -0.39 is 66.5 Å². The zero-order chi connectivity index (χ0) is 47.3. The highest BCUT2D eigenvalue weighted by Crippen LogP contribution is 2.59. The molecule has 1 saturated carbocycles. The summed E-state index contributed by atoms with van der Waals surface area (Å²) < 4.78 is 24.0. The number of amides is 6. The lowest BCUT2D eigenvalue weighted by Crippen LogP contribution is -2.57. The molecule has 0 bridgehead atoms. The molecule has 19 nitrogen and oxygen atoms in total. The van der Waals surface area contributed by atoms with Gasteiger partial charge in [0, 0.05) is 45.0 Å². The van der Waals surface area contributed by atoms with Crippen molar-refractivity contribution in [1.29, 1.82) is 0 Å². The smallest absolute Gasteiger partial charge is 0.331 e. The third kappa shape index (κ3) is 18.3. The summed E-state index contributed by atoms with van der Waals surface area (Å²) in [7, 11) is 4.96. The molecule has 6 amide bonds. The third-order valence-corrected chi connectivity index (χ3v) is 11.5. The van der Waals surface area contributed by atoms with Crippen LogP contribution in [-0.4, -0.2) is 165 Å². The fraction of sp³-hybridized carbons (Fsp3) is 0.614. The predicted molar refractivity (Wildman–Crippen MR) is 240 cm³/mol. The minimum absolute atomic E-state index is 0.0169. The number of carbonyl (C=O) groups excluding carboxylic acids is 7. The number of hydrogen-bond acceptors (Lipinski definition) is 14. The van der Waals surface area contributed by atoms with Crippen molar-refractivity contribution in [3.8, 4) is 0 Å². The van der Waals surface area contributed by atoms with E-state index in [1.54, 1.807) is 62.6 Å². The minimum atomic E-state index is -1.31. The Morgan fingerprint density at radius 3 is 2.17 bits per heavy atom. The maximum absolute atomic E-state index is 12.9. The third-order valence-electron chi connectivity index (χ3n) is 10.6. The Labute approximate surface area is 380 Å². The molecule has 0 aromatic heterocycles. The van der Waals surface area contributed by atoms with Gasteiger partial charge in [0.2, 0.25) is 35.4 Å². The number of rotatable bonds is 27. The van der Waals surface area contributed by atoms with Gasteiger partial charge in [-0.05, 0) is 60.5 Å². The molecule has 3 rings (SSSR count). The average Bonchev–Trinajstić information content (AvgIpc) is 4.16. The quantitative estimate of drug-likeness (QED) is 0.0108. The highest BCUT2D eigenvalue weighted by atomic mass is 32.2. The number of likely N-dealkylation sites (N-methyl/N-ethyl adjacent to an activating group) is 1. The van der Waals surface area contributed by atoms with Crippen LogP contribution in [0.5, 0.6) is 0 Å². The summed E-state index contributed by atoms with van der Waals surface area (Å²) >= 11 is 1.14. The van der Waals surface area contributed by atoms with E-state index in [1.165, 1.54) is 24.6 Å². The molecule has 20 heteroatoms. The van der Waals surface area contributed by atoms with Crippen molar-refractivity contribution < 1.29 is 57.6 Å². The van der Waals surface area contributed by atoms with Crippen LogP contribution in [0.4, 0.5) is 0 Å². The van der Waals surface area contributed by atoms with Crippen molar-refractivity contribution in [2.75, 3.05) is 72.2 Å². The van der Waals surface area contributed by atoms with Gasteiger partial charge in [-0.3, -0.25) is 28.8 Å². The highest BCUT2D eigenvalue weighted by Gasteiger charge is 2.72. The molecule has 64 heavy (non-hydrogen) atoms. The Balaban J connectivity index is 1.33. The van der Waals surface area contributed by atoms with E-state index in [2.05, 4.69) is 58.7 Å². The Morgan fingerprint density at radius 1 is 0.875 bits per heavy atom. The molecular weight excluding hydrogens is 851 g/mol. The lowest BCUT2D eigenvalue weighted by molar-refractivity contribution is -0.166. The van der Waals surface area contributed by atoms with E-state index >= 15 is 0 Å². The SMILES string of the molecule is CO[C@H]1[C@H](C2(C)O[C@@H]2CC=C(C)C)[C@]2(CC[C@H]1OC(=O)C=CC=CC=CC=CC(=O)NCCCNC(=O)CNC(=O)C(CSCNC(C)=O)NC(=O)C(CO)NC(=O)CN(C)C)CO2. The standard InChI is InChI=1S/C44H67N7O12S/c1-29(2)17-18-34-43(4,63-34)40-39(60-7)33(19-20-44(40)27-61-44)62-38(57)16-13-11-9-8-10-12-15-35(54)45-21-14-22-46-36(55)23-47-41(58)32(26-64-28-48-30(3)53)50-42(59)31(25-52)49-37(56)24-51(5)6/h8-13,15-17,31-34,39-40,52H,14,18-28H2,1-7H3,(H,45,54)(H,46,55)(H,47,58)(H,48,53)(H,49,56)(H,50,59)/t31?,32?,33-,34-,39-,40-,43?,44+/m1/s1. The number of aliphatic hydroxyl groups is 1. The van der Waals surface area contributed by atoms with Crippen LogP contribution in [0.1, 0.15) is 53.4 Å². The Hall–Kier alpha value is -4.86. The van der Waals surface area contributed by atoms with Gasteiger partial charge in [0.25, 0.3) is 0 Å². The molecule has 1 spiro atoms. The van der Waals surface area contributed by atoms with Crippen LogP contribution in [0.25, 0.3) is 0 Å². The topological polar surface area (TPSA) is 259 Å². The van der Waals surface area contributed by atoms with Crippen molar-refractivity contribution in [3.63, 3.8) is 0 Å². The second-order valence-corrected chi connectivity index (χ2v) is 17.4. The summed E-state index contributed by atoms with van der Waals surface area (Å²) in [6.45, 7) is 7.54. The predicted octanol–water partition coefficient (Wildman–Crippen LogP) is -0.0802. The number of allylic oxidation sites excluding steroid dienone is 7. The summed E-state index contributed by atoms with van der Waals surface area (Å²) in [6.07, 6.45) is 16.6. The van der Waals surface area contributed by atoms with Crippen molar-refractivity contribution in [3.05, 3.63) is 60.3 Å². The van der Waals surface area contributed by atoms with E-state index in [0.717, 1.165) is 24.6 Å². The number of thioether (sulfide) groups is 1. The van der Waals surface area contributed by atoms with Crippen LogP contribution in [-0.2, 0) is 52.5 Å². The lowest BCUT2D eigenvalue weighted by Gasteiger charge is -2.42. The molecule has 0 radical (unpaired) electrons. The van der Waals surface area contributed by atoms with Gasteiger partial charge in [-0.2, -0.15) is 0 Å². The van der Waals surface area contributed by atoms with Gasteiger partial charge in [-0.25, -0.2) is 4.79 Å². The fourth-order valence-corrected chi connectivity index (χ4v) is 8.13. The maximum Gasteiger partial charge on any atom is 0.331 e. The average molecular weight is 918 g/mol. The fourth-order valence-electron chi connectivity index (χ4n) is 7.24. The van der Waals surface area contributed by atoms with Crippen LogP contribution in [0.3, 0.4) is 0 Å². The first-order valence-electron chi connectivity index (χ1n) is 21.3. The Morgan fingerprint density at radius 2 is 1.55 bits per heavy atom. The van der Waals surface area contributed by atoms with Gasteiger partial charge in [0.15, 0.2) is 0 Å². The normalized spacial score (nSPS) is 24.6. The van der Waals surface area contributed by atoms with Gasteiger partial charge in [-0.1, -0.05) is 48.1 Å². The number of ether oxygens (including phenoxy) is 4. The summed E-state index contributed by atoms with van der Waals surface area (Å²) in [5, 5.41) is 24.9. The molecule has 7 N–H and O–H groups in total. The van der Waals surface area contributed by atoms with E-state index in [9.17, 15) is 38.7 Å². The molecule has 2 saturated heterocycles. The molecule has 3 unspecified atom stereocenters. The van der Waals surface area contributed by atoms with Crippen LogP contribution in [0.15, 0.2) is 60.3 Å². The summed E-state index contributed by atoms with van der Waals surface area (Å²) in [5.74, 6) is -3.50. The van der Waals surface area contributed by atoms with E-state index in [-0.39, 0.29) is 66.8 Å². The minimum Gasteiger partial charge on any atom is -0.456 e. The zero-order valence-corrected chi connectivity index (χ0v) is 38.8. The molecule has 2 heterocycles. The van der Waals surface area contributed by atoms with Crippen molar-refractivity contribution in [1.82, 2.24) is 36.8 Å². The van der Waals surface area contributed by atoms with Crippen molar-refractivity contribution >= 4 is 53.2 Å². The molecule has 0 aromatic carbocycles. The van der Waals surface area contributed by atoms with Gasteiger partial charge >= 0.3 is 5.97 Å². The largest absolute Gasteiger partial charge is 0.456 e. The van der Waals surface area contributed by atoms with E-state index in [1.807, 2.05) is 0 Å². The molecule has 3 aliphatic rings. The number of hydrogen-bond donors (Lipinski definition) is 7. The van der Waals surface area contributed by atoms with Gasteiger partial charge in [-0.15, -0.1) is 11.8 Å². The van der Waals surface area contributed by atoms with Gasteiger partial charge < -0.3 is 60.9 Å². The Kier molecular flexibility index (Phi) is 22.4. The number of aliphatic hydroxyl groups excluding tert-OH is 1. The number of epoxide rings is 2. The van der Waals surface area contributed by atoms with Crippen LogP contribution < -0.4 is 31.9 Å². The molecule has 0 aromatic rings. The number of carbonyl (C=O) groups is 7. The first-order valence-corrected chi connectivity index (χ1v) is 22.5. The van der Waals surface area contributed by atoms with Crippen LogP contribution >= 0.6 is 11.8 Å². The second kappa shape index (κ2) is 26.8. The van der Waals surface area contributed by atoms with Crippen molar-refractivity contribution in [2.45, 2.75) is 95.0 Å². The summed E-state index contributed by atoms with van der Waals surface area (Å²) in [6, 6.07) is -2.47. The number of esters is 1. The van der Waals surface area contributed by atoms with Crippen LogP contribution in [0, 0.1) is 5.92 Å². The van der Waals surface area contributed by atoms with E-state index in [4.69, 9.17) is 18.9 Å². The van der Waals surface area contributed by atoms with Gasteiger partial charge in [0.05, 0.1) is 44.2 Å². The number of methoxy groups -OCH3 is 1. The van der Waals surface area contributed by atoms with Gasteiger partial charge in [0.1, 0.15) is 35.5 Å². The molecular formula is C44H67N7O12S. The molecule has 1 aliphatic carbocycles. The maximum atomic E-state index is 12.9. The number of nitrogens with one attached hydrogen (secondary N) is 6. The monoisotopic (exact) mass is 917 g/mol. The first-order chi connectivity index (χ1) is 30.4. The molecule has 2 aliphatic heterocycles. The molecule has 356 valence electrons. The lowest BCUT2D eigenvalue weighted by atomic mass is 9.68. The first kappa shape index (κ1) is 53.5. The molecule has 3 fully saturated rings. The van der Waals surface area contributed by atoms with Crippen molar-refractivity contribution in [2.24, 2.45) is 5.92 Å². The Bertz CT molecular complexity index is 1780. The number of nitrogens with zero attached hydrogens (tertiary/aromatic N) is 1. The molecule has 8 atom stereocenters. The summed E-state index contributed by atoms with van der Waals surface area (Å²) in [4.78, 5) is 88.0.